The van der Waals surface area contributed by atoms with Gasteiger partial charge in [-0.3, -0.25) is 4.79 Å². The number of benzene rings is 1. The number of para-hydroxylation sites is 1. The molecule has 0 radical (unpaired) electrons. The average Bonchev–Trinajstić information content (AvgIpc) is 3.13. The number of nitrogens with zero attached hydrogens (tertiary/aromatic N) is 4. The molecule has 0 atom stereocenters. The summed E-state index contributed by atoms with van der Waals surface area (Å²) in [6.07, 6.45) is 2.39. The van der Waals surface area contributed by atoms with Crippen LogP contribution in [0.3, 0.4) is 0 Å². The van der Waals surface area contributed by atoms with Crippen LogP contribution in [0.15, 0.2) is 36.7 Å². The first-order valence-electron chi connectivity index (χ1n) is 7.79. The van der Waals surface area contributed by atoms with Crippen LogP contribution in [-0.4, -0.2) is 31.8 Å². The Hall–Kier alpha value is -2.63. The number of aryl methyl sites for hydroxylation is 1. The van der Waals surface area contributed by atoms with E-state index in [0.717, 1.165) is 16.7 Å². The third kappa shape index (κ3) is 2.97. The molecule has 1 aromatic carbocycles. The highest BCUT2D eigenvalue weighted by molar-refractivity contribution is 5.98. The molecule has 3 rings (SSSR count). The quantitative estimate of drug-likeness (QED) is 0.786. The van der Waals surface area contributed by atoms with Crippen molar-refractivity contribution >= 4 is 16.8 Å². The maximum atomic E-state index is 12.4. The molecule has 120 valence electrons. The van der Waals surface area contributed by atoms with E-state index in [0.29, 0.717) is 24.7 Å². The first-order valence-corrected chi connectivity index (χ1v) is 7.79. The van der Waals surface area contributed by atoms with Crippen LogP contribution in [0.1, 0.15) is 36.2 Å². The van der Waals surface area contributed by atoms with Gasteiger partial charge >= 0.3 is 0 Å². The van der Waals surface area contributed by atoms with Crippen molar-refractivity contribution in [2.75, 3.05) is 6.54 Å². The summed E-state index contributed by atoms with van der Waals surface area (Å²) in [5.74, 6) is 0.816. The predicted octanol–water partition coefficient (Wildman–Crippen LogP) is 2.32. The summed E-state index contributed by atoms with van der Waals surface area (Å²) in [6.45, 7) is 4.70. The van der Waals surface area contributed by atoms with Gasteiger partial charge in [-0.05, 0) is 26.0 Å². The maximum Gasteiger partial charge on any atom is 0.267 e. The fourth-order valence-electron chi connectivity index (χ4n) is 2.76. The second kappa shape index (κ2) is 6.24. The lowest BCUT2D eigenvalue weighted by Gasteiger charge is -2.10. The van der Waals surface area contributed by atoms with Crippen LogP contribution in [0.25, 0.3) is 10.9 Å². The molecule has 2 heterocycles. The Morgan fingerprint density at radius 3 is 2.83 bits per heavy atom. The van der Waals surface area contributed by atoms with Crippen molar-refractivity contribution in [1.29, 1.82) is 0 Å². The Bertz CT molecular complexity index is 830. The molecule has 0 fully saturated rings. The number of hydrogen-bond donors (Lipinski definition) is 1. The topological polar surface area (TPSA) is 64.7 Å². The number of carbonyl (C=O) groups excluding carboxylic acids is 1. The molecule has 0 saturated carbocycles. The normalized spacial score (nSPS) is 11.3. The standard InChI is InChI=1S/C17H21N5O/c1-12(2)22-11-19-20-16(22)8-9-18-17(23)15-10-13-6-4-5-7-14(13)21(15)3/h4-7,10-12H,8-9H2,1-3H3,(H,18,23). The van der Waals surface area contributed by atoms with Gasteiger partial charge in [-0.2, -0.15) is 0 Å². The second-order valence-electron chi connectivity index (χ2n) is 5.90. The zero-order valence-corrected chi connectivity index (χ0v) is 13.7. The molecule has 0 saturated heterocycles. The summed E-state index contributed by atoms with van der Waals surface area (Å²) in [6, 6.07) is 10.2. The molecule has 2 aromatic heterocycles. The highest BCUT2D eigenvalue weighted by Crippen LogP contribution is 2.18. The molecule has 0 aliphatic rings. The van der Waals surface area contributed by atoms with Gasteiger partial charge in [0.15, 0.2) is 0 Å². The zero-order valence-electron chi connectivity index (χ0n) is 13.7. The molecule has 3 aromatic rings. The number of carbonyl (C=O) groups is 1. The van der Waals surface area contributed by atoms with Crippen molar-refractivity contribution in [3.05, 3.63) is 48.2 Å². The highest BCUT2D eigenvalue weighted by atomic mass is 16.1. The van der Waals surface area contributed by atoms with E-state index in [-0.39, 0.29) is 5.91 Å². The Balaban J connectivity index is 1.67. The molecule has 0 bridgehead atoms. The van der Waals surface area contributed by atoms with E-state index in [1.54, 1.807) is 6.33 Å². The second-order valence-corrected chi connectivity index (χ2v) is 5.90. The number of hydrogen-bond acceptors (Lipinski definition) is 3. The molecule has 1 amide bonds. The average molecular weight is 311 g/mol. The maximum absolute atomic E-state index is 12.4. The van der Waals surface area contributed by atoms with E-state index in [9.17, 15) is 4.79 Å². The fraction of sp³-hybridized carbons (Fsp3) is 0.353. The lowest BCUT2D eigenvalue weighted by molar-refractivity contribution is 0.0946. The van der Waals surface area contributed by atoms with Gasteiger partial charge in [0.2, 0.25) is 0 Å². The van der Waals surface area contributed by atoms with E-state index in [2.05, 4.69) is 29.4 Å². The monoisotopic (exact) mass is 311 g/mol. The van der Waals surface area contributed by atoms with Gasteiger partial charge in [0.25, 0.3) is 5.91 Å². The van der Waals surface area contributed by atoms with E-state index in [1.165, 1.54) is 0 Å². The summed E-state index contributed by atoms with van der Waals surface area (Å²) >= 11 is 0. The molecule has 6 nitrogen and oxygen atoms in total. The van der Waals surface area contributed by atoms with Crippen LogP contribution in [-0.2, 0) is 13.5 Å². The number of amides is 1. The summed E-state index contributed by atoms with van der Waals surface area (Å²) in [7, 11) is 1.91. The summed E-state index contributed by atoms with van der Waals surface area (Å²) in [4.78, 5) is 12.4. The Morgan fingerprint density at radius 1 is 1.30 bits per heavy atom. The van der Waals surface area contributed by atoms with Gasteiger partial charge in [-0.1, -0.05) is 18.2 Å². The van der Waals surface area contributed by atoms with Gasteiger partial charge < -0.3 is 14.5 Å². The van der Waals surface area contributed by atoms with Gasteiger partial charge in [0.05, 0.1) is 0 Å². The number of rotatable bonds is 5. The van der Waals surface area contributed by atoms with Crippen molar-refractivity contribution in [3.63, 3.8) is 0 Å². The van der Waals surface area contributed by atoms with Crippen LogP contribution in [0, 0.1) is 0 Å². The van der Waals surface area contributed by atoms with Crippen LogP contribution in [0.5, 0.6) is 0 Å². The Morgan fingerprint density at radius 2 is 2.09 bits per heavy atom. The fourth-order valence-corrected chi connectivity index (χ4v) is 2.76. The minimum Gasteiger partial charge on any atom is -0.350 e. The zero-order chi connectivity index (χ0) is 16.4. The third-order valence-corrected chi connectivity index (χ3v) is 4.02. The minimum absolute atomic E-state index is 0.0701. The van der Waals surface area contributed by atoms with Crippen molar-refractivity contribution in [2.45, 2.75) is 26.3 Å². The molecule has 0 aliphatic heterocycles. The first-order chi connectivity index (χ1) is 11.1. The molecule has 6 heteroatoms. The van der Waals surface area contributed by atoms with E-state index in [1.807, 2.05) is 46.5 Å². The smallest absolute Gasteiger partial charge is 0.267 e. The van der Waals surface area contributed by atoms with Crippen molar-refractivity contribution < 1.29 is 4.79 Å². The van der Waals surface area contributed by atoms with Gasteiger partial charge in [0, 0.05) is 37.0 Å². The van der Waals surface area contributed by atoms with Crippen LogP contribution < -0.4 is 5.32 Å². The largest absolute Gasteiger partial charge is 0.350 e. The molecule has 0 aliphatic carbocycles. The lowest BCUT2D eigenvalue weighted by Crippen LogP contribution is -2.28. The van der Waals surface area contributed by atoms with Crippen molar-refractivity contribution in [2.24, 2.45) is 7.05 Å². The van der Waals surface area contributed by atoms with E-state index in [4.69, 9.17) is 0 Å². The summed E-state index contributed by atoms with van der Waals surface area (Å²) in [5, 5.41) is 12.1. The van der Waals surface area contributed by atoms with Gasteiger partial charge in [0.1, 0.15) is 17.8 Å². The Labute approximate surface area is 135 Å². The lowest BCUT2D eigenvalue weighted by atomic mass is 10.2. The van der Waals surface area contributed by atoms with Crippen LogP contribution in [0.4, 0.5) is 0 Å². The molecule has 0 unspecified atom stereocenters. The number of fused-ring (bicyclic) bond motifs is 1. The summed E-state index contributed by atoms with van der Waals surface area (Å²) < 4.78 is 3.93. The molecule has 23 heavy (non-hydrogen) atoms. The molecular formula is C17H21N5O. The number of nitrogens with one attached hydrogen (secondary N) is 1. The summed E-state index contributed by atoms with van der Waals surface area (Å²) in [5.41, 5.74) is 1.72. The van der Waals surface area contributed by atoms with Crippen LogP contribution in [0.2, 0.25) is 0 Å². The molecule has 1 N–H and O–H groups in total. The SMILES string of the molecule is CC(C)n1cnnc1CCNC(=O)c1cc2ccccc2n1C. The number of aromatic nitrogens is 4. The first kappa shape index (κ1) is 15.3. The van der Waals surface area contributed by atoms with Crippen LogP contribution >= 0.6 is 0 Å². The van der Waals surface area contributed by atoms with E-state index >= 15 is 0 Å². The predicted molar refractivity (Wildman–Crippen MR) is 89.4 cm³/mol. The van der Waals surface area contributed by atoms with Gasteiger partial charge in [-0.15, -0.1) is 10.2 Å². The van der Waals surface area contributed by atoms with Crippen molar-refractivity contribution in [1.82, 2.24) is 24.6 Å². The Kier molecular flexibility index (Phi) is 4.14. The van der Waals surface area contributed by atoms with E-state index < -0.39 is 0 Å². The van der Waals surface area contributed by atoms with Gasteiger partial charge in [-0.25, -0.2) is 0 Å². The molecule has 0 spiro atoms. The minimum atomic E-state index is -0.0701. The van der Waals surface area contributed by atoms with Crippen molar-refractivity contribution in [3.8, 4) is 0 Å². The third-order valence-electron chi connectivity index (χ3n) is 4.02. The highest BCUT2D eigenvalue weighted by Gasteiger charge is 2.13. The molecular weight excluding hydrogens is 290 g/mol.